The molecule has 3 heteroatoms. The summed E-state index contributed by atoms with van der Waals surface area (Å²) in [6.07, 6.45) is 5.48. The molecule has 1 aromatic rings. The minimum Gasteiger partial charge on any atom is -0.317 e. The van der Waals surface area contributed by atoms with Crippen LogP contribution >= 0.6 is 0 Å². The maximum atomic E-state index is 14.6. The zero-order chi connectivity index (χ0) is 12.1. The van der Waals surface area contributed by atoms with E-state index in [1.807, 2.05) is 12.3 Å². The summed E-state index contributed by atoms with van der Waals surface area (Å²) in [5.41, 5.74) is 1.03. The van der Waals surface area contributed by atoms with Crippen LogP contribution < -0.4 is 5.32 Å². The van der Waals surface area contributed by atoms with Crippen LogP contribution in [0, 0.1) is 0 Å². The molecule has 1 fully saturated rings. The molecule has 2 rings (SSSR count). The Morgan fingerprint density at radius 3 is 2.94 bits per heavy atom. The zero-order valence-electron chi connectivity index (χ0n) is 10.5. The first-order chi connectivity index (χ1) is 8.22. The lowest BCUT2D eigenvalue weighted by atomic mass is 9.91. The minimum absolute atomic E-state index is 0.457. The lowest BCUT2D eigenvalue weighted by Crippen LogP contribution is -2.27. The Bertz CT molecular complexity index is 340. The summed E-state index contributed by atoms with van der Waals surface area (Å²) < 4.78 is 14.6. The number of rotatable bonds is 3. The van der Waals surface area contributed by atoms with Crippen molar-refractivity contribution < 1.29 is 4.39 Å². The van der Waals surface area contributed by atoms with Crippen molar-refractivity contribution >= 4 is 0 Å². The molecule has 0 radical (unpaired) electrons. The molecule has 0 aromatic carbocycles. The van der Waals surface area contributed by atoms with E-state index in [0.717, 1.165) is 31.6 Å². The number of pyridine rings is 1. The fraction of sp³-hybridized carbons (Fsp3) is 0.643. The topological polar surface area (TPSA) is 24.9 Å². The number of nitrogens with one attached hydrogen (secondary N) is 1. The van der Waals surface area contributed by atoms with E-state index in [2.05, 4.69) is 23.3 Å². The summed E-state index contributed by atoms with van der Waals surface area (Å²) in [4.78, 5) is 4.36. The Balaban J connectivity index is 2.02. The third-order valence-electron chi connectivity index (χ3n) is 3.52. The monoisotopic (exact) mass is 236 g/mol. The highest BCUT2D eigenvalue weighted by Gasteiger charge is 2.30. The molecule has 0 amide bonds. The van der Waals surface area contributed by atoms with E-state index in [1.165, 1.54) is 5.56 Å². The summed E-state index contributed by atoms with van der Waals surface area (Å²) in [5.74, 6) is 0. The van der Waals surface area contributed by atoms with Crippen molar-refractivity contribution in [1.82, 2.24) is 10.3 Å². The molecule has 1 unspecified atom stereocenters. The third-order valence-corrected chi connectivity index (χ3v) is 3.52. The highest BCUT2D eigenvalue weighted by Crippen LogP contribution is 2.28. The van der Waals surface area contributed by atoms with Crippen LogP contribution in [0.1, 0.15) is 37.4 Å². The van der Waals surface area contributed by atoms with Crippen LogP contribution in [0.4, 0.5) is 4.39 Å². The van der Waals surface area contributed by atoms with Crippen molar-refractivity contribution in [2.75, 3.05) is 13.1 Å². The number of hydrogen-bond donors (Lipinski definition) is 1. The van der Waals surface area contributed by atoms with Gasteiger partial charge in [-0.05, 0) is 50.4 Å². The van der Waals surface area contributed by atoms with Gasteiger partial charge in [-0.2, -0.15) is 0 Å². The minimum atomic E-state index is -1.07. The summed E-state index contributed by atoms with van der Waals surface area (Å²) in [6, 6.07) is 4.03. The summed E-state index contributed by atoms with van der Waals surface area (Å²) >= 11 is 0. The van der Waals surface area contributed by atoms with Crippen molar-refractivity contribution in [1.29, 1.82) is 0 Å². The molecule has 17 heavy (non-hydrogen) atoms. The normalized spacial score (nSPS) is 25.5. The van der Waals surface area contributed by atoms with Crippen molar-refractivity contribution in [3.8, 4) is 0 Å². The Hall–Kier alpha value is -0.960. The van der Waals surface area contributed by atoms with Gasteiger partial charge in [0.1, 0.15) is 5.67 Å². The Morgan fingerprint density at radius 1 is 1.35 bits per heavy atom. The zero-order valence-corrected chi connectivity index (χ0v) is 10.5. The first-order valence-electron chi connectivity index (χ1n) is 6.55. The second kappa shape index (κ2) is 5.58. The van der Waals surface area contributed by atoms with Crippen molar-refractivity contribution in [3.05, 3.63) is 29.6 Å². The molecule has 0 bridgehead atoms. The SMILES string of the molecule is CCc1ccc(CC2(F)CCCNCC2)nc1. The maximum absolute atomic E-state index is 14.6. The van der Waals surface area contributed by atoms with Gasteiger partial charge in [0.05, 0.1) is 0 Å². The van der Waals surface area contributed by atoms with Crippen LogP contribution in [0.5, 0.6) is 0 Å². The van der Waals surface area contributed by atoms with Gasteiger partial charge in [-0.25, -0.2) is 4.39 Å². The van der Waals surface area contributed by atoms with Gasteiger partial charge in [0.15, 0.2) is 0 Å². The van der Waals surface area contributed by atoms with Gasteiger partial charge in [-0.1, -0.05) is 13.0 Å². The molecule has 1 aliphatic rings. The van der Waals surface area contributed by atoms with E-state index in [9.17, 15) is 4.39 Å². The summed E-state index contributed by atoms with van der Waals surface area (Å²) in [6.45, 7) is 3.82. The molecule has 1 aliphatic heterocycles. The van der Waals surface area contributed by atoms with Gasteiger partial charge in [0.2, 0.25) is 0 Å². The number of alkyl halides is 1. The fourth-order valence-corrected chi connectivity index (χ4v) is 2.36. The molecule has 2 nitrogen and oxygen atoms in total. The fourth-order valence-electron chi connectivity index (χ4n) is 2.36. The molecule has 0 spiro atoms. The lowest BCUT2D eigenvalue weighted by molar-refractivity contribution is 0.143. The first-order valence-corrected chi connectivity index (χ1v) is 6.55. The van der Waals surface area contributed by atoms with E-state index >= 15 is 0 Å². The van der Waals surface area contributed by atoms with Crippen LogP contribution in [0.25, 0.3) is 0 Å². The van der Waals surface area contributed by atoms with E-state index in [4.69, 9.17) is 0 Å². The standard InChI is InChI=1S/C14H21FN2/c1-2-12-4-5-13(17-11-12)10-14(15)6-3-8-16-9-7-14/h4-5,11,16H,2-3,6-10H2,1H3. The van der Waals surface area contributed by atoms with E-state index in [1.54, 1.807) is 0 Å². The predicted molar refractivity (Wildman–Crippen MR) is 67.9 cm³/mol. The molecule has 1 atom stereocenters. The van der Waals surface area contributed by atoms with Gasteiger partial charge in [0.25, 0.3) is 0 Å². The van der Waals surface area contributed by atoms with Gasteiger partial charge in [-0.3, -0.25) is 4.98 Å². The predicted octanol–water partition coefficient (Wildman–Crippen LogP) is 2.67. The highest BCUT2D eigenvalue weighted by atomic mass is 19.1. The van der Waals surface area contributed by atoms with Crippen LogP contribution in [0.3, 0.4) is 0 Å². The van der Waals surface area contributed by atoms with Crippen LogP contribution in [0.15, 0.2) is 18.3 Å². The Kier molecular flexibility index (Phi) is 4.11. The number of aryl methyl sites for hydroxylation is 1. The van der Waals surface area contributed by atoms with E-state index in [0.29, 0.717) is 19.3 Å². The average Bonchev–Trinajstić information content (AvgIpc) is 2.55. The second-order valence-corrected chi connectivity index (χ2v) is 4.94. The summed E-state index contributed by atoms with van der Waals surface area (Å²) in [5, 5.41) is 3.25. The molecule has 1 N–H and O–H groups in total. The van der Waals surface area contributed by atoms with E-state index in [-0.39, 0.29) is 0 Å². The molecule has 0 saturated carbocycles. The van der Waals surface area contributed by atoms with Crippen molar-refractivity contribution in [2.45, 2.75) is 44.7 Å². The first kappa shape index (κ1) is 12.5. The summed E-state index contributed by atoms with van der Waals surface area (Å²) in [7, 11) is 0. The van der Waals surface area contributed by atoms with Crippen molar-refractivity contribution in [2.24, 2.45) is 0 Å². The lowest BCUT2D eigenvalue weighted by Gasteiger charge is -2.22. The second-order valence-electron chi connectivity index (χ2n) is 4.94. The smallest absolute Gasteiger partial charge is 0.117 e. The largest absolute Gasteiger partial charge is 0.317 e. The van der Waals surface area contributed by atoms with Crippen molar-refractivity contribution in [3.63, 3.8) is 0 Å². The molecule has 0 aliphatic carbocycles. The van der Waals surface area contributed by atoms with Gasteiger partial charge in [-0.15, -0.1) is 0 Å². The van der Waals surface area contributed by atoms with Gasteiger partial charge < -0.3 is 5.32 Å². The quantitative estimate of drug-likeness (QED) is 0.872. The van der Waals surface area contributed by atoms with Crippen LogP contribution in [-0.4, -0.2) is 23.7 Å². The molecular weight excluding hydrogens is 215 g/mol. The third kappa shape index (κ3) is 3.50. The number of nitrogens with zero attached hydrogens (tertiary/aromatic N) is 1. The van der Waals surface area contributed by atoms with Gasteiger partial charge in [0, 0.05) is 18.3 Å². The molecule has 1 saturated heterocycles. The average molecular weight is 236 g/mol. The Labute approximate surface area is 103 Å². The number of aromatic nitrogens is 1. The molecule has 94 valence electrons. The molecule has 1 aromatic heterocycles. The Morgan fingerprint density at radius 2 is 2.24 bits per heavy atom. The number of halogens is 1. The molecular formula is C14H21FN2. The van der Waals surface area contributed by atoms with Gasteiger partial charge >= 0.3 is 0 Å². The highest BCUT2D eigenvalue weighted by molar-refractivity contribution is 5.15. The molecule has 2 heterocycles. The maximum Gasteiger partial charge on any atom is 0.117 e. The van der Waals surface area contributed by atoms with Crippen LogP contribution in [0.2, 0.25) is 0 Å². The van der Waals surface area contributed by atoms with E-state index < -0.39 is 5.67 Å². The van der Waals surface area contributed by atoms with Crippen LogP contribution in [-0.2, 0) is 12.8 Å². The number of hydrogen-bond acceptors (Lipinski definition) is 2.